The van der Waals surface area contributed by atoms with E-state index in [1.165, 1.54) is 6.07 Å². The molecule has 6 heteroatoms. The number of amides is 1. The Balaban J connectivity index is 2.12. The summed E-state index contributed by atoms with van der Waals surface area (Å²) in [5.74, 6) is -0.454. The standard InChI is InChI=1S/C13H16BrFN2O2/c1-19-8-13(4-5-16-7-13)12(18)17-9-2-3-11(15)10(14)6-9/h2-3,6,16H,4-5,7-8H2,1H3,(H,17,18). The van der Waals surface area contributed by atoms with E-state index in [2.05, 4.69) is 26.6 Å². The molecule has 1 amide bonds. The number of halogens is 2. The Bertz CT molecular complexity index is 476. The van der Waals surface area contributed by atoms with Gasteiger partial charge in [-0.3, -0.25) is 4.79 Å². The zero-order valence-electron chi connectivity index (χ0n) is 10.6. The summed E-state index contributed by atoms with van der Waals surface area (Å²) >= 11 is 3.10. The van der Waals surface area contributed by atoms with E-state index in [0.29, 0.717) is 23.3 Å². The third kappa shape index (κ3) is 3.13. The van der Waals surface area contributed by atoms with Crippen LogP contribution in [0.3, 0.4) is 0 Å². The van der Waals surface area contributed by atoms with Gasteiger partial charge in [0, 0.05) is 19.3 Å². The van der Waals surface area contributed by atoms with Crippen LogP contribution in [0.25, 0.3) is 0 Å². The Morgan fingerprint density at radius 2 is 2.42 bits per heavy atom. The average Bonchev–Trinajstić information content (AvgIpc) is 2.84. The number of hydrogen-bond acceptors (Lipinski definition) is 3. The molecule has 0 saturated carbocycles. The van der Waals surface area contributed by atoms with Crippen LogP contribution in [0.4, 0.5) is 10.1 Å². The van der Waals surface area contributed by atoms with Gasteiger partial charge in [-0.25, -0.2) is 4.39 Å². The first-order chi connectivity index (χ1) is 9.07. The van der Waals surface area contributed by atoms with Crippen LogP contribution in [0, 0.1) is 11.2 Å². The average molecular weight is 331 g/mol. The summed E-state index contributed by atoms with van der Waals surface area (Å²) in [6.45, 7) is 1.76. The van der Waals surface area contributed by atoms with Crippen LogP contribution in [-0.2, 0) is 9.53 Å². The lowest BCUT2D eigenvalue weighted by Crippen LogP contribution is -2.41. The Morgan fingerprint density at radius 3 is 3.00 bits per heavy atom. The van der Waals surface area contributed by atoms with Gasteiger partial charge < -0.3 is 15.4 Å². The highest BCUT2D eigenvalue weighted by molar-refractivity contribution is 9.10. The van der Waals surface area contributed by atoms with Crippen LogP contribution in [-0.4, -0.2) is 32.7 Å². The Morgan fingerprint density at radius 1 is 1.63 bits per heavy atom. The molecular weight excluding hydrogens is 315 g/mol. The lowest BCUT2D eigenvalue weighted by atomic mass is 9.87. The van der Waals surface area contributed by atoms with Crippen molar-refractivity contribution < 1.29 is 13.9 Å². The lowest BCUT2D eigenvalue weighted by molar-refractivity contribution is -0.127. The van der Waals surface area contributed by atoms with Gasteiger partial charge >= 0.3 is 0 Å². The molecule has 1 unspecified atom stereocenters. The van der Waals surface area contributed by atoms with Gasteiger partial charge in [-0.05, 0) is 47.1 Å². The van der Waals surface area contributed by atoms with Crippen molar-refractivity contribution in [2.75, 3.05) is 32.1 Å². The smallest absolute Gasteiger partial charge is 0.234 e. The number of nitrogens with one attached hydrogen (secondary N) is 2. The van der Waals surface area contributed by atoms with Gasteiger partial charge in [0.1, 0.15) is 5.82 Å². The molecule has 1 aliphatic heterocycles. The van der Waals surface area contributed by atoms with Crippen LogP contribution in [0.2, 0.25) is 0 Å². The second-order valence-electron chi connectivity index (χ2n) is 4.72. The zero-order chi connectivity index (χ0) is 13.9. The van der Waals surface area contributed by atoms with Crippen LogP contribution in [0.15, 0.2) is 22.7 Å². The fraction of sp³-hybridized carbons (Fsp3) is 0.462. The maximum atomic E-state index is 13.1. The number of benzene rings is 1. The van der Waals surface area contributed by atoms with Crippen molar-refractivity contribution in [2.24, 2.45) is 5.41 Å². The summed E-state index contributed by atoms with van der Waals surface area (Å²) in [5, 5.41) is 6.00. The molecule has 4 nitrogen and oxygen atoms in total. The number of carbonyl (C=O) groups is 1. The van der Waals surface area contributed by atoms with Crippen LogP contribution in [0.1, 0.15) is 6.42 Å². The quantitative estimate of drug-likeness (QED) is 0.889. The summed E-state index contributed by atoms with van der Waals surface area (Å²) in [7, 11) is 1.59. The van der Waals surface area contributed by atoms with Crippen LogP contribution >= 0.6 is 15.9 Å². The van der Waals surface area contributed by atoms with Gasteiger partial charge in [-0.15, -0.1) is 0 Å². The first-order valence-corrected chi connectivity index (χ1v) is 6.83. The van der Waals surface area contributed by atoms with Crippen molar-refractivity contribution in [1.82, 2.24) is 5.32 Å². The van der Waals surface area contributed by atoms with E-state index in [0.717, 1.165) is 13.0 Å². The fourth-order valence-electron chi connectivity index (χ4n) is 2.24. The molecule has 0 aliphatic carbocycles. The minimum absolute atomic E-state index is 0.0992. The minimum atomic E-state index is -0.546. The van der Waals surface area contributed by atoms with E-state index < -0.39 is 5.41 Å². The molecule has 104 valence electrons. The van der Waals surface area contributed by atoms with Crippen molar-refractivity contribution in [3.8, 4) is 0 Å². The van der Waals surface area contributed by atoms with Crippen molar-refractivity contribution in [3.05, 3.63) is 28.5 Å². The van der Waals surface area contributed by atoms with E-state index >= 15 is 0 Å². The molecule has 0 spiro atoms. The molecule has 0 radical (unpaired) electrons. The topological polar surface area (TPSA) is 50.4 Å². The van der Waals surface area contributed by atoms with Crippen molar-refractivity contribution >= 4 is 27.5 Å². The number of hydrogen-bond donors (Lipinski definition) is 2. The summed E-state index contributed by atoms with van der Waals surface area (Å²) in [4.78, 5) is 12.4. The third-order valence-electron chi connectivity index (χ3n) is 3.32. The monoisotopic (exact) mass is 330 g/mol. The summed E-state index contributed by atoms with van der Waals surface area (Å²) in [6.07, 6.45) is 0.731. The normalized spacial score (nSPS) is 22.5. The second-order valence-corrected chi connectivity index (χ2v) is 5.58. The molecule has 19 heavy (non-hydrogen) atoms. The van der Waals surface area contributed by atoms with E-state index in [-0.39, 0.29) is 11.7 Å². The molecule has 2 rings (SSSR count). The molecule has 1 heterocycles. The molecule has 1 aromatic rings. The highest BCUT2D eigenvalue weighted by atomic mass is 79.9. The number of methoxy groups -OCH3 is 1. The maximum absolute atomic E-state index is 13.1. The van der Waals surface area contributed by atoms with Gasteiger partial charge in [0.15, 0.2) is 0 Å². The Labute approximate surface area is 119 Å². The van der Waals surface area contributed by atoms with Gasteiger partial charge in [0.05, 0.1) is 16.5 Å². The van der Waals surface area contributed by atoms with Gasteiger partial charge in [0.2, 0.25) is 5.91 Å². The molecule has 0 aromatic heterocycles. The second kappa shape index (κ2) is 5.98. The fourth-order valence-corrected chi connectivity index (χ4v) is 2.62. The highest BCUT2D eigenvalue weighted by Crippen LogP contribution is 2.28. The molecule has 1 aliphatic rings. The van der Waals surface area contributed by atoms with Gasteiger partial charge in [-0.2, -0.15) is 0 Å². The molecule has 1 aromatic carbocycles. The van der Waals surface area contributed by atoms with Gasteiger partial charge in [0.25, 0.3) is 0 Å². The van der Waals surface area contributed by atoms with E-state index in [9.17, 15) is 9.18 Å². The summed E-state index contributed by atoms with van der Waals surface area (Å²) in [6, 6.07) is 4.41. The molecule has 1 atom stereocenters. The van der Waals surface area contributed by atoms with Gasteiger partial charge in [-0.1, -0.05) is 0 Å². The van der Waals surface area contributed by atoms with Crippen molar-refractivity contribution in [1.29, 1.82) is 0 Å². The van der Waals surface area contributed by atoms with Crippen molar-refractivity contribution in [3.63, 3.8) is 0 Å². The summed E-state index contributed by atoms with van der Waals surface area (Å²) in [5.41, 5.74) is 0.0240. The van der Waals surface area contributed by atoms with E-state index in [1.54, 1.807) is 19.2 Å². The van der Waals surface area contributed by atoms with E-state index in [1.807, 2.05) is 0 Å². The first-order valence-electron chi connectivity index (χ1n) is 6.03. The largest absolute Gasteiger partial charge is 0.384 e. The Kier molecular flexibility index (Phi) is 4.54. The molecule has 0 bridgehead atoms. The highest BCUT2D eigenvalue weighted by Gasteiger charge is 2.41. The minimum Gasteiger partial charge on any atom is -0.384 e. The number of carbonyl (C=O) groups excluding carboxylic acids is 1. The molecule has 1 fully saturated rings. The predicted octanol–water partition coefficient (Wildman–Crippen LogP) is 2.15. The van der Waals surface area contributed by atoms with Crippen LogP contribution < -0.4 is 10.6 Å². The number of rotatable bonds is 4. The maximum Gasteiger partial charge on any atom is 0.234 e. The molecule has 1 saturated heterocycles. The van der Waals surface area contributed by atoms with Crippen molar-refractivity contribution in [2.45, 2.75) is 6.42 Å². The summed E-state index contributed by atoms with van der Waals surface area (Å²) < 4.78 is 18.6. The third-order valence-corrected chi connectivity index (χ3v) is 3.93. The molecular formula is C13H16BrFN2O2. The lowest BCUT2D eigenvalue weighted by Gasteiger charge is -2.26. The molecule has 2 N–H and O–H groups in total. The van der Waals surface area contributed by atoms with E-state index in [4.69, 9.17) is 4.74 Å². The SMILES string of the molecule is COCC1(C(=O)Nc2ccc(F)c(Br)c2)CCNC1. The predicted molar refractivity (Wildman–Crippen MR) is 74.5 cm³/mol. The zero-order valence-corrected chi connectivity index (χ0v) is 12.2. The number of anilines is 1. The number of ether oxygens (including phenoxy) is 1. The first kappa shape index (κ1) is 14.4. The Hall–Kier alpha value is -0.980. The van der Waals surface area contributed by atoms with Crippen LogP contribution in [0.5, 0.6) is 0 Å².